The number of nitrogens with one attached hydrogen (secondary N) is 1. The first-order valence-electron chi connectivity index (χ1n) is 13.4. The molecule has 0 spiro atoms. The van der Waals surface area contributed by atoms with Crippen molar-refractivity contribution < 1.29 is 24.1 Å². The van der Waals surface area contributed by atoms with Gasteiger partial charge in [-0.05, 0) is 49.2 Å². The minimum atomic E-state index is -0.579. The van der Waals surface area contributed by atoms with Crippen molar-refractivity contribution in [2.24, 2.45) is 5.92 Å². The van der Waals surface area contributed by atoms with E-state index in [-0.39, 0.29) is 31.3 Å². The van der Waals surface area contributed by atoms with E-state index in [9.17, 15) is 9.90 Å². The first-order valence-corrected chi connectivity index (χ1v) is 13.4. The maximum Gasteiger partial charge on any atom is 0.411 e. The van der Waals surface area contributed by atoms with Crippen LogP contribution in [0.5, 0.6) is 0 Å². The Labute approximate surface area is 220 Å². The van der Waals surface area contributed by atoms with Crippen molar-refractivity contribution in [3.63, 3.8) is 0 Å². The Bertz CT molecular complexity index is 1000. The highest BCUT2D eigenvalue weighted by Gasteiger charge is 2.39. The molecule has 0 radical (unpaired) electrons. The van der Waals surface area contributed by atoms with E-state index in [1.54, 1.807) is 0 Å². The Morgan fingerprint density at radius 3 is 2.51 bits per heavy atom. The van der Waals surface area contributed by atoms with Gasteiger partial charge in [-0.1, -0.05) is 75.2 Å². The van der Waals surface area contributed by atoms with Crippen molar-refractivity contribution in [1.29, 1.82) is 0 Å². The van der Waals surface area contributed by atoms with Gasteiger partial charge in [0, 0.05) is 23.7 Å². The van der Waals surface area contributed by atoms with Crippen LogP contribution in [0.1, 0.15) is 68.1 Å². The quantitative estimate of drug-likeness (QED) is 0.428. The number of aliphatic hydroxyl groups is 1. The first-order chi connectivity index (χ1) is 18.1. The fraction of sp³-hybridized carbons (Fsp3) is 0.500. The Morgan fingerprint density at radius 1 is 1.08 bits per heavy atom. The van der Waals surface area contributed by atoms with Gasteiger partial charge in [0.15, 0.2) is 6.29 Å². The molecule has 2 N–H and O–H groups in total. The van der Waals surface area contributed by atoms with Gasteiger partial charge in [0.25, 0.3) is 0 Å². The van der Waals surface area contributed by atoms with Crippen molar-refractivity contribution >= 4 is 11.8 Å². The first kappa shape index (κ1) is 27.3. The van der Waals surface area contributed by atoms with Crippen LogP contribution in [-0.2, 0) is 20.8 Å². The van der Waals surface area contributed by atoms with Crippen LogP contribution in [0.3, 0.4) is 0 Å². The molecule has 2 fully saturated rings. The maximum absolute atomic E-state index is 12.1. The zero-order valence-corrected chi connectivity index (χ0v) is 21.8. The maximum atomic E-state index is 12.1. The Morgan fingerprint density at radius 2 is 1.81 bits per heavy atom. The molecule has 4 rings (SSSR count). The molecule has 2 saturated heterocycles. The average molecular weight is 509 g/mol. The van der Waals surface area contributed by atoms with Gasteiger partial charge in [0.1, 0.15) is 6.61 Å². The largest absolute Gasteiger partial charge is 0.445 e. The van der Waals surface area contributed by atoms with Crippen molar-refractivity contribution in [3.8, 4) is 0 Å². The highest BCUT2D eigenvalue weighted by Crippen LogP contribution is 2.42. The number of carbonyl (C=O) groups excluding carboxylic acids is 1. The van der Waals surface area contributed by atoms with Gasteiger partial charge in [-0.25, -0.2) is 4.79 Å². The smallest absolute Gasteiger partial charge is 0.411 e. The van der Waals surface area contributed by atoms with Gasteiger partial charge >= 0.3 is 6.09 Å². The number of hydrogen-bond acceptors (Lipinski definition) is 6. The number of anilines is 1. The number of benzene rings is 2. The Kier molecular flexibility index (Phi) is 10.1. The lowest BCUT2D eigenvalue weighted by atomic mass is 9.89. The highest BCUT2D eigenvalue weighted by atomic mass is 16.7. The summed E-state index contributed by atoms with van der Waals surface area (Å²) in [5, 5.41) is 12.2. The summed E-state index contributed by atoms with van der Waals surface area (Å²) in [5.74, 6) is 0.136. The van der Waals surface area contributed by atoms with Gasteiger partial charge in [-0.3, -0.25) is 5.32 Å². The third-order valence-electron chi connectivity index (χ3n) is 7.25. The Balaban J connectivity index is 1.55. The molecule has 7 nitrogen and oxygen atoms in total. The van der Waals surface area contributed by atoms with E-state index < -0.39 is 12.4 Å². The highest BCUT2D eigenvalue weighted by molar-refractivity contribution is 5.84. The Hall–Kier alpha value is -2.71. The number of nitrogens with zero attached hydrogens (tertiary/aromatic N) is 1. The fourth-order valence-electron chi connectivity index (χ4n) is 5.13. The third kappa shape index (κ3) is 7.65. The van der Waals surface area contributed by atoms with Gasteiger partial charge in [0.05, 0.1) is 18.8 Å². The number of carbonyl (C=O) groups is 1. The zero-order chi connectivity index (χ0) is 26.0. The molecule has 0 aromatic heterocycles. The number of ether oxygens (including phenoxy) is 3. The predicted molar refractivity (Wildman–Crippen MR) is 144 cm³/mol. The molecule has 200 valence electrons. The van der Waals surface area contributed by atoms with Crippen LogP contribution < -0.4 is 5.32 Å². The molecule has 0 unspecified atom stereocenters. The van der Waals surface area contributed by atoms with Gasteiger partial charge in [-0.15, -0.1) is 0 Å². The SMILES string of the molecule is C=CCOC(=O)Nc1cccc([C@H]2O[C@@H](CN3CCCCCCC3)[C@@H](C)[C@@H](c3ccc(CO)cc3)O2)c1. The molecule has 2 aliphatic rings. The predicted octanol–water partition coefficient (Wildman–Crippen LogP) is 5.97. The monoisotopic (exact) mass is 508 g/mol. The summed E-state index contributed by atoms with van der Waals surface area (Å²) in [6.45, 7) is 8.98. The van der Waals surface area contributed by atoms with Gasteiger partial charge < -0.3 is 24.2 Å². The minimum Gasteiger partial charge on any atom is -0.445 e. The molecule has 2 heterocycles. The lowest BCUT2D eigenvalue weighted by molar-refractivity contribution is -0.276. The van der Waals surface area contributed by atoms with Gasteiger partial charge in [0.2, 0.25) is 0 Å². The molecule has 1 amide bonds. The summed E-state index contributed by atoms with van der Waals surface area (Å²) in [6.07, 6.45) is 6.59. The molecule has 0 aliphatic carbocycles. The van der Waals surface area contributed by atoms with Crippen molar-refractivity contribution in [2.45, 2.75) is 64.1 Å². The van der Waals surface area contributed by atoms with E-state index in [4.69, 9.17) is 14.2 Å². The molecule has 0 bridgehead atoms. The van der Waals surface area contributed by atoms with Crippen LogP contribution in [0, 0.1) is 5.92 Å². The van der Waals surface area contributed by atoms with Crippen molar-refractivity contribution in [2.75, 3.05) is 31.6 Å². The molecule has 7 heteroatoms. The number of rotatable bonds is 8. The molecular formula is C30H40N2O5. The minimum absolute atomic E-state index is 0.0136. The molecule has 4 atom stereocenters. The molecule has 0 saturated carbocycles. The average Bonchev–Trinajstić information content (AvgIpc) is 2.90. The second-order valence-electron chi connectivity index (χ2n) is 10.0. The molecule has 2 aliphatic heterocycles. The van der Waals surface area contributed by atoms with Crippen LogP contribution in [0.25, 0.3) is 0 Å². The van der Waals surface area contributed by atoms with Gasteiger partial charge in [-0.2, -0.15) is 0 Å². The van der Waals surface area contributed by atoms with Crippen LogP contribution in [0.15, 0.2) is 61.2 Å². The van der Waals surface area contributed by atoms with E-state index in [0.29, 0.717) is 5.69 Å². The second kappa shape index (κ2) is 13.7. The number of likely N-dealkylation sites (tertiary alicyclic amines) is 1. The summed E-state index contributed by atoms with van der Waals surface area (Å²) in [7, 11) is 0. The summed E-state index contributed by atoms with van der Waals surface area (Å²) >= 11 is 0. The number of hydrogen-bond donors (Lipinski definition) is 2. The van der Waals surface area contributed by atoms with Crippen LogP contribution in [0.4, 0.5) is 10.5 Å². The van der Waals surface area contributed by atoms with Crippen LogP contribution in [0.2, 0.25) is 0 Å². The van der Waals surface area contributed by atoms with E-state index in [1.165, 1.54) is 38.2 Å². The summed E-state index contributed by atoms with van der Waals surface area (Å²) in [6, 6.07) is 15.5. The van der Waals surface area contributed by atoms with E-state index >= 15 is 0 Å². The third-order valence-corrected chi connectivity index (χ3v) is 7.25. The normalized spacial score (nSPS) is 25.0. The topological polar surface area (TPSA) is 80.3 Å². The molecule has 2 aromatic carbocycles. The lowest BCUT2D eigenvalue weighted by Crippen LogP contribution is -2.45. The van der Waals surface area contributed by atoms with E-state index in [2.05, 4.69) is 23.7 Å². The van der Waals surface area contributed by atoms with Crippen LogP contribution in [-0.4, -0.2) is 48.4 Å². The van der Waals surface area contributed by atoms with Crippen LogP contribution >= 0.6 is 0 Å². The van der Waals surface area contributed by atoms with Crippen molar-refractivity contribution in [1.82, 2.24) is 4.90 Å². The fourth-order valence-corrected chi connectivity index (χ4v) is 5.13. The summed E-state index contributed by atoms with van der Waals surface area (Å²) < 4.78 is 18.2. The molecule has 2 aromatic rings. The summed E-state index contributed by atoms with van der Waals surface area (Å²) in [4.78, 5) is 14.6. The standard InChI is InChI=1S/C30H40N2O5/c1-3-18-35-30(34)31-26-11-9-10-25(19-26)29-36-27(20-32-16-7-5-4-6-8-17-32)22(2)28(37-29)24-14-12-23(21-33)13-15-24/h3,9-15,19,22,27-29,33H,1,4-8,16-18,20-21H2,2H3,(H,31,34)/t22-,27+,28+,29+/m1/s1. The second-order valence-corrected chi connectivity index (χ2v) is 10.0. The molecular weight excluding hydrogens is 468 g/mol. The molecule has 37 heavy (non-hydrogen) atoms. The lowest BCUT2D eigenvalue weighted by Gasteiger charge is -2.43. The number of aliphatic hydroxyl groups excluding tert-OH is 1. The van der Waals surface area contributed by atoms with E-state index in [0.717, 1.165) is 36.3 Å². The number of amides is 1. The van der Waals surface area contributed by atoms with E-state index in [1.807, 2.05) is 48.5 Å². The van der Waals surface area contributed by atoms with Crippen molar-refractivity contribution in [3.05, 3.63) is 77.9 Å². The zero-order valence-electron chi connectivity index (χ0n) is 21.8. The summed E-state index contributed by atoms with van der Waals surface area (Å²) in [5.41, 5.74) is 3.39.